The number of anilines is 1. The van der Waals surface area contributed by atoms with Crippen LogP contribution < -0.4 is 5.32 Å². The van der Waals surface area contributed by atoms with E-state index < -0.39 is 5.60 Å². The molecule has 1 amide bonds. The molecule has 6 heteroatoms. The van der Waals surface area contributed by atoms with E-state index in [0.717, 1.165) is 24.5 Å². The highest BCUT2D eigenvalue weighted by Crippen LogP contribution is 2.27. The second kappa shape index (κ2) is 6.28. The summed E-state index contributed by atoms with van der Waals surface area (Å²) in [5.41, 5.74) is 0.472. The predicted molar refractivity (Wildman–Crippen MR) is 81.4 cm³/mol. The van der Waals surface area contributed by atoms with Crippen LogP contribution in [-0.4, -0.2) is 46.2 Å². The van der Waals surface area contributed by atoms with Gasteiger partial charge in [-0.1, -0.05) is 0 Å². The number of carbonyl (C=O) groups excluding carboxylic acids is 1. The van der Waals surface area contributed by atoms with Crippen LogP contribution in [0, 0.1) is 0 Å². The fraction of sp³-hybridized carbons (Fsp3) is 0.667. The van der Waals surface area contributed by atoms with Crippen LogP contribution in [0.1, 0.15) is 45.7 Å². The number of ether oxygens (including phenoxy) is 1. The highest BCUT2D eigenvalue weighted by Gasteiger charge is 2.31. The molecule has 0 aliphatic carbocycles. The number of amides is 1. The van der Waals surface area contributed by atoms with Gasteiger partial charge in [0.1, 0.15) is 11.4 Å². The number of aromatic nitrogens is 2. The van der Waals surface area contributed by atoms with Crippen molar-refractivity contribution in [3.63, 3.8) is 0 Å². The van der Waals surface area contributed by atoms with Gasteiger partial charge in [-0.2, -0.15) is 0 Å². The molecule has 0 saturated carbocycles. The first kappa shape index (κ1) is 15.5. The molecular formula is C15H24N4O2. The summed E-state index contributed by atoms with van der Waals surface area (Å²) in [7, 11) is 0. The van der Waals surface area contributed by atoms with E-state index in [9.17, 15) is 4.79 Å². The van der Waals surface area contributed by atoms with Crippen molar-refractivity contribution in [2.75, 3.05) is 25.0 Å². The highest BCUT2D eigenvalue weighted by atomic mass is 16.6. The number of rotatable bonds is 3. The molecule has 2 heterocycles. The van der Waals surface area contributed by atoms with Crippen LogP contribution in [0.15, 0.2) is 12.4 Å². The first-order chi connectivity index (χ1) is 9.89. The van der Waals surface area contributed by atoms with Gasteiger partial charge in [-0.15, -0.1) is 0 Å². The van der Waals surface area contributed by atoms with E-state index in [0.29, 0.717) is 13.1 Å². The Hall–Kier alpha value is -1.85. The van der Waals surface area contributed by atoms with Crippen molar-refractivity contribution in [3.05, 3.63) is 18.1 Å². The van der Waals surface area contributed by atoms with Crippen LogP contribution >= 0.6 is 0 Å². The topological polar surface area (TPSA) is 67.4 Å². The maximum atomic E-state index is 12.1. The fourth-order valence-electron chi connectivity index (χ4n) is 2.34. The van der Waals surface area contributed by atoms with Gasteiger partial charge < -0.3 is 15.0 Å². The molecule has 0 spiro atoms. The van der Waals surface area contributed by atoms with Gasteiger partial charge in [0.05, 0.1) is 11.9 Å². The largest absolute Gasteiger partial charge is 0.444 e. The van der Waals surface area contributed by atoms with Gasteiger partial charge in [0, 0.05) is 31.7 Å². The Morgan fingerprint density at radius 3 is 2.90 bits per heavy atom. The summed E-state index contributed by atoms with van der Waals surface area (Å²) < 4.78 is 5.41. The molecule has 0 bridgehead atoms. The quantitative estimate of drug-likeness (QED) is 0.927. The molecule has 116 valence electrons. The lowest BCUT2D eigenvalue weighted by Gasteiger charge is -2.24. The molecule has 0 radical (unpaired) electrons. The van der Waals surface area contributed by atoms with Crippen molar-refractivity contribution >= 4 is 11.9 Å². The average molecular weight is 292 g/mol. The molecule has 1 fully saturated rings. The summed E-state index contributed by atoms with van der Waals surface area (Å²) in [4.78, 5) is 22.6. The Kier molecular flexibility index (Phi) is 4.65. The monoisotopic (exact) mass is 292 g/mol. The lowest BCUT2D eigenvalue weighted by atomic mass is 10.1. The normalized spacial score (nSPS) is 18.7. The molecule has 1 aliphatic heterocycles. The lowest BCUT2D eigenvalue weighted by molar-refractivity contribution is 0.0292. The third-order valence-corrected chi connectivity index (χ3v) is 3.27. The van der Waals surface area contributed by atoms with Gasteiger partial charge in [0.25, 0.3) is 0 Å². The van der Waals surface area contributed by atoms with Crippen molar-refractivity contribution in [2.45, 2.75) is 45.6 Å². The fourth-order valence-corrected chi connectivity index (χ4v) is 2.34. The number of likely N-dealkylation sites (tertiary alicyclic amines) is 1. The van der Waals surface area contributed by atoms with Gasteiger partial charge >= 0.3 is 6.09 Å². The summed E-state index contributed by atoms with van der Waals surface area (Å²) in [5.74, 6) is 1.01. The summed E-state index contributed by atoms with van der Waals surface area (Å²) in [5, 5.41) is 3.16. The van der Waals surface area contributed by atoms with E-state index in [2.05, 4.69) is 15.3 Å². The van der Waals surface area contributed by atoms with Crippen LogP contribution in [0.5, 0.6) is 0 Å². The van der Waals surface area contributed by atoms with Crippen molar-refractivity contribution in [2.24, 2.45) is 0 Å². The maximum Gasteiger partial charge on any atom is 0.410 e. The molecule has 1 N–H and O–H groups in total. The molecule has 0 aromatic carbocycles. The van der Waals surface area contributed by atoms with E-state index >= 15 is 0 Å². The summed E-state index contributed by atoms with van der Waals surface area (Å²) >= 11 is 0. The number of nitrogens with zero attached hydrogens (tertiary/aromatic N) is 3. The molecule has 1 aromatic heterocycles. The first-order valence-corrected chi connectivity index (χ1v) is 7.43. The zero-order chi connectivity index (χ0) is 15.5. The maximum absolute atomic E-state index is 12.1. The molecule has 1 saturated heterocycles. The molecule has 1 unspecified atom stereocenters. The number of hydrogen-bond donors (Lipinski definition) is 1. The number of nitrogens with one attached hydrogen (secondary N) is 1. The zero-order valence-electron chi connectivity index (χ0n) is 13.2. The minimum absolute atomic E-state index is 0.226. The Bertz CT molecular complexity index is 499. The molecular weight excluding hydrogens is 268 g/mol. The minimum atomic E-state index is -0.458. The predicted octanol–water partition coefficient (Wildman–Crippen LogP) is 2.63. The van der Waals surface area contributed by atoms with E-state index in [1.54, 1.807) is 17.3 Å². The highest BCUT2D eigenvalue weighted by molar-refractivity contribution is 5.68. The van der Waals surface area contributed by atoms with Gasteiger partial charge in [0.2, 0.25) is 0 Å². The van der Waals surface area contributed by atoms with Crippen LogP contribution in [0.3, 0.4) is 0 Å². The smallest absolute Gasteiger partial charge is 0.410 e. The SMILES string of the molecule is CCNc1cncc(C2CCN(C(=O)OC(C)(C)C)C2)n1. The Morgan fingerprint density at radius 2 is 2.24 bits per heavy atom. The molecule has 1 aliphatic rings. The Balaban J connectivity index is 1.99. The third kappa shape index (κ3) is 4.31. The van der Waals surface area contributed by atoms with Gasteiger partial charge in [-0.3, -0.25) is 4.98 Å². The third-order valence-electron chi connectivity index (χ3n) is 3.27. The average Bonchev–Trinajstić information content (AvgIpc) is 2.87. The van der Waals surface area contributed by atoms with Crippen LogP contribution in [0.2, 0.25) is 0 Å². The van der Waals surface area contributed by atoms with Crippen molar-refractivity contribution in [1.29, 1.82) is 0 Å². The van der Waals surface area contributed by atoms with Crippen molar-refractivity contribution in [1.82, 2.24) is 14.9 Å². The molecule has 1 aromatic rings. The summed E-state index contributed by atoms with van der Waals surface area (Å²) in [6.45, 7) is 9.81. The van der Waals surface area contributed by atoms with Gasteiger partial charge in [-0.25, -0.2) is 9.78 Å². The molecule has 2 rings (SSSR count). The van der Waals surface area contributed by atoms with Crippen molar-refractivity contribution < 1.29 is 9.53 Å². The van der Waals surface area contributed by atoms with Crippen molar-refractivity contribution in [3.8, 4) is 0 Å². The second-order valence-corrected chi connectivity index (χ2v) is 6.27. The molecule has 1 atom stereocenters. The van der Waals surface area contributed by atoms with E-state index in [1.807, 2.05) is 27.7 Å². The summed E-state index contributed by atoms with van der Waals surface area (Å²) in [6, 6.07) is 0. The van der Waals surface area contributed by atoms with Gasteiger partial charge in [-0.05, 0) is 34.1 Å². The van der Waals surface area contributed by atoms with Crippen LogP contribution in [0.25, 0.3) is 0 Å². The molecule has 21 heavy (non-hydrogen) atoms. The number of hydrogen-bond acceptors (Lipinski definition) is 5. The molecule has 6 nitrogen and oxygen atoms in total. The van der Waals surface area contributed by atoms with Crippen LogP contribution in [-0.2, 0) is 4.74 Å². The summed E-state index contributed by atoms with van der Waals surface area (Å²) in [6.07, 6.45) is 4.14. The Morgan fingerprint density at radius 1 is 1.48 bits per heavy atom. The van der Waals surface area contributed by atoms with E-state index in [4.69, 9.17) is 4.74 Å². The van der Waals surface area contributed by atoms with Crippen LogP contribution in [0.4, 0.5) is 10.6 Å². The number of carbonyl (C=O) groups is 1. The zero-order valence-corrected chi connectivity index (χ0v) is 13.2. The standard InChI is InChI=1S/C15H24N4O2/c1-5-17-13-9-16-8-12(18-13)11-6-7-19(10-11)14(20)21-15(2,3)4/h8-9,11H,5-7,10H2,1-4H3,(H,17,18). The van der Waals surface area contributed by atoms with Gasteiger partial charge in [0.15, 0.2) is 0 Å². The van der Waals surface area contributed by atoms with E-state index in [1.165, 1.54) is 0 Å². The Labute approximate surface area is 125 Å². The minimum Gasteiger partial charge on any atom is -0.444 e. The lowest BCUT2D eigenvalue weighted by Crippen LogP contribution is -2.35. The van der Waals surface area contributed by atoms with E-state index in [-0.39, 0.29) is 12.0 Å². The second-order valence-electron chi connectivity index (χ2n) is 6.27. The first-order valence-electron chi connectivity index (χ1n) is 7.43.